The summed E-state index contributed by atoms with van der Waals surface area (Å²) in [5, 5.41) is 19.7. The maximum atomic E-state index is 13.4. The average Bonchev–Trinajstić information content (AvgIpc) is 3.25. The second kappa shape index (κ2) is 9.47. The highest BCUT2D eigenvalue weighted by Gasteiger charge is 2.34. The van der Waals surface area contributed by atoms with E-state index in [1.807, 2.05) is 55.5 Å². The van der Waals surface area contributed by atoms with Gasteiger partial charge in [0.15, 0.2) is 0 Å². The number of aliphatic hydroxyl groups excluding tert-OH is 1. The van der Waals surface area contributed by atoms with Gasteiger partial charge >= 0.3 is 6.03 Å². The van der Waals surface area contributed by atoms with E-state index in [-0.39, 0.29) is 18.0 Å². The van der Waals surface area contributed by atoms with E-state index in [1.165, 1.54) is 11.3 Å². The van der Waals surface area contributed by atoms with Gasteiger partial charge < -0.3 is 25.8 Å². The number of benzene rings is 2. The zero-order valence-corrected chi connectivity index (χ0v) is 20.8. The molecule has 2 atom stereocenters. The van der Waals surface area contributed by atoms with Crippen molar-refractivity contribution in [3.05, 3.63) is 71.2 Å². The van der Waals surface area contributed by atoms with Gasteiger partial charge in [0.25, 0.3) is 5.91 Å². The molecule has 10 heteroatoms. The fourth-order valence-corrected chi connectivity index (χ4v) is 5.85. The number of rotatable bonds is 5. The molecule has 2 aromatic carbocycles. The van der Waals surface area contributed by atoms with Crippen LogP contribution in [0, 0.1) is 6.92 Å². The van der Waals surface area contributed by atoms with Gasteiger partial charge in [-0.2, -0.15) is 0 Å². The normalized spacial score (nSPS) is 19.0. The summed E-state index contributed by atoms with van der Waals surface area (Å²) >= 11 is 1.24. The van der Waals surface area contributed by atoms with Gasteiger partial charge in [0.1, 0.15) is 21.2 Å². The van der Waals surface area contributed by atoms with Crippen LogP contribution in [0.2, 0.25) is 0 Å². The lowest BCUT2D eigenvalue weighted by Gasteiger charge is -2.30. The topological polar surface area (TPSA) is 116 Å². The number of piperidine rings is 1. The summed E-state index contributed by atoms with van der Waals surface area (Å²) < 4.78 is 5.95. The number of nitrogens with one attached hydrogen (secondary N) is 3. The maximum absolute atomic E-state index is 13.4. The number of carbonyl (C=O) groups is 2. The summed E-state index contributed by atoms with van der Waals surface area (Å²) in [5.41, 5.74) is 2.69. The molecule has 4 heterocycles. The molecule has 37 heavy (non-hydrogen) atoms. The molecule has 4 N–H and O–H groups in total. The smallest absolute Gasteiger partial charge is 0.331 e. The highest BCUT2D eigenvalue weighted by Crippen LogP contribution is 2.46. The second-order valence-electron chi connectivity index (χ2n) is 9.16. The van der Waals surface area contributed by atoms with Gasteiger partial charge in [-0.25, -0.2) is 9.78 Å². The summed E-state index contributed by atoms with van der Waals surface area (Å²) in [7, 11) is 0. The van der Waals surface area contributed by atoms with E-state index >= 15 is 0 Å². The van der Waals surface area contributed by atoms with Crippen molar-refractivity contribution >= 4 is 50.6 Å². The summed E-state index contributed by atoms with van der Waals surface area (Å²) in [6, 6.07) is 16.3. The molecule has 0 spiro atoms. The Morgan fingerprint density at radius 1 is 1.14 bits per heavy atom. The maximum Gasteiger partial charge on any atom is 0.331 e. The van der Waals surface area contributed by atoms with Crippen LogP contribution in [0.5, 0.6) is 11.5 Å². The fraction of sp³-hybridized carbons (Fsp3) is 0.222. The number of aromatic nitrogens is 1. The van der Waals surface area contributed by atoms with Gasteiger partial charge in [0.05, 0.1) is 28.6 Å². The van der Waals surface area contributed by atoms with E-state index in [9.17, 15) is 14.7 Å². The third-order valence-corrected chi connectivity index (χ3v) is 7.60. The van der Waals surface area contributed by atoms with Crippen molar-refractivity contribution in [3.8, 4) is 11.5 Å². The molecule has 0 saturated carbocycles. The van der Waals surface area contributed by atoms with Gasteiger partial charge in [-0.1, -0.05) is 18.2 Å². The lowest BCUT2D eigenvalue weighted by atomic mass is 10.0. The molecule has 6 rings (SSSR count). The molecule has 2 aromatic heterocycles. The standard InChI is InChI=1S/C27H25N5O4S/c1-15-11-19(36-18-5-3-2-4-6-18)7-8-20(15)32-21-9-10-29-26-22(21)23(31-27(32)35)24(37-26)25(34)30-16-12-17(33)14-28-13-16/h2-11,16-17,28,33H,12-14H2,1H3,(H,30,34)(H,31,35)/t16-,17-/m1/s1. The minimum atomic E-state index is -0.505. The van der Waals surface area contributed by atoms with E-state index < -0.39 is 6.10 Å². The Bertz CT molecular complexity index is 1510. The third-order valence-electron chi connectivity index (χ3n) is 6.50. The molecule has 0 radical (unpaired) electrons. The van der Waals surface area contributed by atoms with E-state index in [0.717, 1.165) is 16.7 Å². The van der Waals surface area contributed by atoms with Crippen LogP contribution in [0.15, 0.2) is 60.8 Å². The highest BCUT2D eigenvalue weighted by molar-refractivity contribution is 7.21. The van der Waals surface area contributed by atoms with Crippen LogP contribution in [0.4, 0.5) is 21.9 Å². The number of para-hydroxylation sites is 1. The van der Waals surface area contributed by atoms with Crippen LogP contribution in [-0.2, 0) is 0 Å². The molecule has 3 amide bonds. The largest absolute Gasteiger partial charge is 0.457 e. The van der Waals surface area contributed by atoms with Gasteiger partial charge in [-0.3, -0.25) is 9.69 Å². The molecule has 9 nitrogen and oxygen atoms in total. The SMILES string of the molecule is Cc1cc(Oc2ccccc2)ccc1N1C(=O)Nc2c(C(=O)N[C@H]3CNC[C@H](O)C3)sc3nccc1c23. The molecule has 0 bridgehead atoms. The van der Waals surface area contributed by atoms with Crippen molar-refractivity contribution in [1.82, 2.24) is 15.6 Å². The summed E-state index contributed by atoms with van der Waals surface area (Å²) in [6.45, 7) is 3.02. The minimum absolute atomic E-state index is 0.198. The number of carbonyl (C=O) groups excluding carboxylic acids is 2. The molecule has 2 aliphatic heterocycles. The first kappa shape index (κ1) is 23.4. The number of ether oxygens (including phenoxy) is 1. The lowest BCUT2D eigenvalue weighted by Crippen LogP contribution is -2.50. The number of anilines is 3. The Hall–Kier alpha value is -3.99. The first-order chi connectivity index (χ1) is 18.0. The highest BCUT2D eigenvalue weighted by atomic mass is 32.1. The minimum Gasteiger partial charge on any atom is -0.457 e. The van der Waals surface area contributed by atoms with Crippen molar-refractivity contribution in [2.24, 2.45) is 0 Å². The average molecular weight is 516 g/mol. The Morgan fingerprint density at radius 3 is 2.76 bits per heavy atom. The van der Waals surface area contributed by atoms with Crippen LogP contribution in [0.3, 0.4) is 0 Å². The number of hydrogen-bond acceptors (Lipinski definition) is 7. The first-order valence-corrected chi connectivity index (χ1v) is 12.9. The number of hydrogen-bond donors (Lipinski definition) is 4. The molecule has 188 valence electrons. The number of β-amino-alcohol motifs (C(OH)–C–C–N with tert-alkyl or cyclic N) is 1. The fourth-order valence-electron chi connectivity index (χ4n) is 4.83. The quantitative estimate of drug-likeness (QED) is 0.310. The van der Waals surface area contributed by atoms with Gasteiger partial charge in [0.2, 0.25) is 0 Å². The number of aliphatic hydroxyl groups is 1. The summed E-state index contributed by atoms with van der Waals surface area (Å²) in [5.74, 6) is 1.10. The van der Waals surface area contributed by atoms with Crippen LogP contribution in [0.25, 0.3) is 10.2 Å². The Kier molecular flexibility index (Phi) is 5.99. The molecule has 0 aliphatic carbocycles. The summed E-state index contributed by atoms with van der Waals surface area (Å²) in [4.78, 5) is 33.7. The predicted octanol–water partition coefficient (Wildman–Crippen LogP) is 4.53. The molecule has 1 saturated heterocycles. The van der Waals surface area contributed by atoms with Crippen LogP contribution in [-0.4, -0.2) is 47.3 Å². The van der Waals surface area contributed by atoms with Crippen LogP contribution < -0.4 is 25.6 Å². The number of nitrogens with zero attached hydrogens (tertiary/aromatic N) is 2. The Balaban J connectivity index is 1.33. The van der Waals surface area contributed by atoms with Crippen molar-refractivity contribution in [2.45, 2.75) is 25.5 Å². The van der Waals surface area contributed by atoms with Crippen molar-refractivity contribution in [3.63, 3.8) is 0 Å². The Labute approximate surface area is 217 Å². The molecular formula is C27H25N5O4S. The molecular weight excluding hydrogens is 490 g/mol. The van der Waals surface area contributed by atoms with Gasteiger partial charge in [0, 0.05) is 25.3 Å². The molecule has 1 fully saturated rings. The second-order valence-corrected chi connectivity index (χ2v) is 10.2. The molecule has 2 aliphatic rings. The van der Waals surface area contributed by atoms with E-state index in [4.69, 9.17) is 4.74 Å². The van der Waals surface area contributed by atoms with Gasteiger partial charge in [-0.15, -0.1) is 11.3 Å². The summed E-state index contributed by atoms with van der Waals surface area (Å²) in [6.07, 6.45) is 1.62. The zero-order chi connectivity index (χ0) is 25.5. The predicted molar refractivity (Wildman–Crippen MR) is 143 cm³/mol. The molecule has 4 aromatic rings. The van der Waals surface area contributed by atoms with Crippen molar-refractivity contribution < 1.29 is 19.4 Å². The van der Waals surface area contributed by atoms with Crippen molar-refractivity contribution in [1.29, 1.82) is 0 Å². The van der Waals surface area contributed by atoms with E-state index in [1.54, 1.807) is 17.2 Å². The monoisotopic (exact) mass is 515 g/mol. The number of aryl methyl sites for hydroxylation is 1. The number of amides is 3. The number of urea groups is 1. The first-order valence-electron chi connectivity index (χ1n) is 12.0. The Morgan fingerprint density at radius 2 is 1.97 bits per heavy atom. The lowest BCUT2D eigenvalue weighted by molar-refractivity contribution is 0.0881. The van der Waals surface area contributed by atoms with Crippen molar-refractivity contribution in [2.75, 3.05) is 23.3 Å². The van der Waals surface area contributed by atoms with Gasteiger partial charge in [-0.05, 0) is 55.3 Å². The van der Waals surface area contributed by atoms with Crippen LogP contribution >= 0.6 is 11.3 Å². The van der Waals surface area contributed by atoms with E-state index in [2.05, 4.69) is 20.9 Å². The number of thiophene rings is 1. The van der Waals surface area contributed by atoms with Crippen LogP contribution in [0.1, 0.15) is 21.7 Å². The van der Waals surface area contributed by atoms with E-state index in [0.29, 0.717) is 52.0 Å². The number of pyridine rings is 1. The third kappa shape index (κ3) is 4.39. The zero-order valence-electron chi connectivity index (χ0n) is 20.0. The molecule has 0 unspecified atom stereocenters.